The molecule has 1 aliphatic rings. The van der Waals surface area contributed by atoms with Gasteiger partial charge in [-0.15, -0.1) is 0 Å². The quantitative estimate of drug-likeness (QED) is 0.189. The number of carbonyl (C=O) groups excluding carboxylic acids is 2. The van der Waals surface area contributed by atoms with Crippen molar-refractivity contribution < 1.29 is 19.1 Å². The molecule has 0 aliphatic carbocycles. The third kappa shape index (κ3) is 8.48. The molecule has 0 saturated carbocycles. The van der Waals surface area contributed by atoms with Gasteiger partial charge in [0.05, 0.1) is 35.9 Å². The van der Waals surface area contributed by atoms with Gasteiger partial charge >= 0.3 is 12.2 Å². The van der Waals surface area contributed by atoms with E-state index in [0.717, 1.165) is 51.7 Å². The van der Waals surface area contributed by atoms with Gasteiger partial charge in [0.2, 0.25) is 0 Å². The predicted molar refractivity (Wildman–Crippen MR) is 202 cm³/mol. The van der Waals surface area contributed by atoms with Crippen molar-refractivity contribution in [2.45, 2.75) is 131 Å². The van der Waals surface area contributed by atoms with Gasteiger partial charge in [-0.3, -0.25) is 9.80 Å². The molecule has 51 heavy (non-hydrogen) atoms. The summed E-state index contributed by atoms with van der Waals surface area (Å²) < 4.78 is 11.5. The standard InChI is InChI=1S/C41H56N6O4/c1-13-33(46(25(2)3)37(48)50-39(5,6)7)35-42-23-31(44-35)29-18-14-27(15-19-29)28-16-20-30(21-17-28)32-24-43-36(45-32)34-22-41(11,12)26(4)47(34)38(49)51-40(8,9)10/h14-21,23-26,33-34H,13,22H2,1-12H3,(H,42,44)(H,43,45)/t26?,33-,34-/m0/s1. The average Bonchev–Trinajstić information content (AvgIpc) is 3.77. The largest absolute Gasteiger partial charge is 0.444 e. The summed E-state index contributed by atoms with van der Waals surface area (Å²) in [6.45, 7) is 23.8. The van der Waals surface area contributed by atoms with Crippen LogP contribution >= 0.6 is 0 Å². The fourth-order valence-corrected chi connectivity index (χ4v) is 6.77. The summed E-state index contributed by atoms with van der Waals surface area (Å²) in [5, 5.41) is 0. The van der Waals surface area contributed by atoms with Crippen molar-refractivity contribution in [3.63, 3.8) is 0 Å². The predicted octanol–water partition coefficient (Wildman–Crippen LogP) is 10.3. The number of carbonyl (C=O) groups is 2. The highest BCUT2D eigenvalue weighted by atomic mass is 16.6. The first-order valence-corrected chi connectivity index (χ1v) is 18.1. The van der Waals surface area contributed by atoms with E-state index >= 15 is 0 Å². The summed E-state index contributed by atoms with van der Waals surface area (Å²) in [7, 11) is 0. The molecule has 3 atom stereocenters. The Balaban J connectivity index is 1.30. The van der Waals surface area contributed by atoms with E-state index in [0.29, 0.717) is 6.42 Å². The molecule has 0 spiro atoms. The smallest absolute Gasteiger partial charge is 0.411 e. The molecule has 1 aliphatic heterocycles. The van der Waals surface area contributed by atoms with E-state index in [9.17, 15) is 9.59 Å². The first kappa shape index (κ1) is 37.7. The molecular formula is C41H56N6O4. The highest BCUT2D eigenvalue weighted by molar-refractivity contribution is 5.72. The number of aromatic nitrogens is 4. The maximum atomic E-state index is 13.3. The number of amides is 2. The van der Waals surface area contributed by atoms with E-state index in [1.165, 1.54) is 0 Å². The van der Waals surface area contributed by atoms with Crippen LogP contribution in [-0.4, -0.2) is 65.2 Å². The number of nitrogens with one attached hydrogen (secondary N) is 2. The summed E-state index contributed by atoms with van der Waals surface area (Å²) in [5.74, 6) is 1.50. The lowest BCUT2D eigenvalue weighted by Crippen LogP contribution is -2.43. The summed E-state index contributed by atoms with van der Waals surface area (Å²) in [4.78, 5) is 46.4. The number of likely N-dealkylation sites (tertiary alicyclic amines) is 1. The van der Waals surface area contributed by atoms with E-state index in [1.807, 2.05) is 72.7 Å². The van der Waals surface area contributed by atoms with Crippen LogP contribution in [0.25, 0.3) is 33.6 Å². The number of rotatable bonds is 8. The number of ether oxygens (including phenoxy) is 2. The molecule has 0 radical (unpaired) electrons. The lowest BCUT2D eigenvalue weighted by Gasteiger charge is -2.35. The van der Waals surface area contributed by atoms with Crippen molar-refractivity contribution >= 4 is 12.2 Å². The van der Waals surface area contributed by atoms with E-state index in [1.54, 1.807) is 4.90 Å². The number of H-pyrrole nitrogens is 2. The minimum Gasteiger partial charge on any atom is -0.444 e. The van der Waals surface area contributed by atoms with Gasteiger partial charge in [0.15, 0.2) is 0 Å². The third-order valence-corrected chi connectivity index (χ3v) is 9.64. The van der Waals surface area contributed by atoms with Crippen LogP contribution in [0.5, 0.6) is 0 Å². The summed E-state index contributed by atoms with van der Waals surface area (Å²) in [6, 6.07) is 16.3. The first-order chi connectivity index (χ1) is 23.8. The molecule has 5 rings (SSSR count). The normalized spacial score (nSPS) is 18.2. The van der Waals surface area contributed by atoms with Gasteiger partial charge in [-0.05, 0) is 103 Å². The highest BCUT2D eigenvalue weighted by Gasteiger charge is 2.49. The Morgan fingerprint density at radius 1 is 0.843 bits per heavy atom. The second-order valence-corrected chi connectivity index (χ2v) is 16.7. The number of hydrogen-bond acceptors (Lipinski definition) is 6. The molecular weight excluding hydrogens is 640 g/mol. The second kappa shape index (κ2) is 14.2. The van der Waals surface area contributed by atoms with Gasteiger partial charge < -0.3 is 19.4 Å². The molecule has 2 aromatic carbocycles. The van der Waals surface area contributed by atoms with Crippen LogP contribution in [0.4, 0.5) is 9.59 Å². The van der Waals surface area contributed by atoms with Crippen LogP contribution in [0.15, 0.2) is 60.9 Å². The topological polar surface area (TPSA) is 116 Å². The van der Waals surface area contributed by atoms with Crippen LogP contribution in [0.3, 0.4) is 0 Å². The zero-order valence-corrected chi connectivity index (χ0v) is 32.4. The third-order valence-electron chi connectivity index (χ3n) is 9.64. The monoisotopic (exact) mass is 696 g/mol. The number of benzene rings is 2. The van der Waals surface area contributed by atoms with Gasteiger partial charge in [-0.2, -0.15) is 0 Å². The van der Waals surface area contributed by atoms with Crippen LogP contribution in [-0.2, 0) is 9.47 Å². The van der Waals surface area contributed by atoms with Crippen molar-refractivity contribution in [3.05, 3.63) is 72.6 Å². The van der Waals surface area contributed by atoms with Crippen LogP contribution in [0, 0.1) is 5.41 Å². The Bertz CT molecular complexity index is 1810. The molecule has 1 unspecified atom stereocenters. The van der Waals surface area contributed by atoms with Crippen molar-refractivity contribution in [2.24, 2.45) is 5.41 Å². The zero-order chi connectivity index (χ0) is 37.5. The van der Waals surface area contributed by atoms with E-state index < -0.39 is 11.2 Å². The Hall–Kier alpha value is -4.60. The van der Waals surface area contributed by atoms with Crippen molar-refractivity contribution in [2.75, 3.05) is 0 Å². The Labute approximate surface area is 303 Å². The van der Waals surface area contributed by atoms with Crippen LogP contribution in [0.1, 0.15) is 120 Å². The number of imidazole rings is 2. The zero-order valence-electron chi connectivity index (χ0n) is 32.4. The number of nitrogens with zero attached hydrogens (tertiary/aromatic N) is 4. The molecule has 274 valence electrons. The second-order valence-electron chi connectivity index (χ2n) is 16.7. The van der Waals surface area contributed by atoms with Gasteiger partial charge in [-0.25, -0.2) is 19.6 Å². The number of hydrogen-bond donors (Lipinski definition) is 2. The molecule has 2 aromatic heterocycles. The summed E-state index contributed by atoms with van der Waals surface area (Å²) in [5.41, 5.74) is 4.75. The molecule has 2 N–H and O–H groups in total. The van der Waals surface area contributed by atoms with Gasteiger partial charge in [0.25, 0.3) is 0 Å². The Morgan fingerprint density at radius 3 is 1.82 bits per heavy atom. The summed E-state index contributed by atoms with van der Waals surface area (Å²) >= 11 is 0. The van der Waals surface area contributed by atoms with Crippen LogP contribution in [0.2, 0.25) is 0 Å². The molecule has 10 nitrogen and oxygen atoms in total. The lowest BCUT2D eigenvalue weighted by molar-refractivity contribution is 0.00649. The Kier molecular flexibility index (Phi) is 10.5. The first-order valence-electron chi connectivity index (χ1n) is 18.1. The highest BCUT2D eigenvalue weighted by Crippen LogP contribution is 2.47. The SMILES string of the molecule is CC[C@@H](c1ncc(-c2ccc(-c3ccc(-c4cnc([C@@H]5CC(C)(C)C(C)N5C(=O)OC(C)(C)C)[nH]4)cc3)cc2)[nH]1)N(C(=O)OC(C)(C)C)C(C)C. The molecule has 0 bridgehead atoms. The van der Waals surface area contributed by atoms with Crippen LogP contribution < -0.4 is 0 Å². The van der Waals surface area contributed by atoms with Crippen molar-refractivity contribution in [3.8, 4) is 33.6 Å². The van der Waals surface area contributed by atoms with E-state index in [-0.39, 0.29) is 41.8 Å². The fourth-order valence-electron chi connectivity index (χ4n) is 6.77. The maximum Gasteiger partial charge on any atom is 0.411 e. The van der Waals surface area contributed by atoms with E-state index in [2.05, 4.69) is 86.2 Å². The molecule has 2 amide bonds. The number of aromatic amines is 2. The minimum absolute atomic E-state index is 0.000421. The fraction of sp³-hybridized carbons (Fsp3) is 0.512. The van der Waals surface area contributed by atoms with Gasteiger partial charge in [0.1, 0.15) is 22.9 Å². The van der Waals surface area contributed by atoms with Crippen molar-refractivity contribution in [1.29, 1.82) is 0 Å². The molecule has 1 fully saturated rings. The molecule has 3 heterocycles. The minimum atomic E-state index is -0.583. The molecule has 1 saturated heterocycles. The lowest BCUT2D eigenvalue weighted by atomic mass is 9.84. The van der Waals surface area contributed by atoms with Gasteiger partial charge in [-0.1, -0.05) is 69.3 Å². The Morgan fingerprint density at radius 2 is 1.33 bits per heavy atom. The molecule has 10 heteroatoms. The molecule has 4 aromatic rings. The maximum absolute atomic E-state index is 13.3. The summed E-state index contributed by atoms with van der Waals surface area (Å²) in [6.07, 6.45) is 4.50. The van der Waals surface area contributed by atoms with E-state index in [4.69, 9.17) is 19.4 Å². The van der Waals surface area contributed by atoms with Crippen molar-refractivity contribution in [1.82, 2.24) is 29.7 Å². The van der Waals surface area contributed by atoms with Gasteiger partial charge in [0, 0.05) is 12.1 Å². The average molecular weight is 697 g/mol.